The SMILES string of the molecule is C/C(Br)=C\CC/C=C(\C)C(C)OCC1CN(C(C)(C)CC2Cc3ccccc3C2)C(=O)O1. The molecule has 176 valence electrons. The third-order valence-corrected chi connectivity index (χ3v) is 7.08. The molecule has 0 N–H and O–H groups in total. The van der Waals surface area contributed by atoms with Crippen LogP contribution in [0, 0.1) is 5.92 Å². The van der Waals surface area contributed by atoms with Gasteiger partial charge < -0.3 is 9.47 Å². The fraction of sp³-hybridized carbons (Fsp3) is 0.593. The molecule has 2 aliphatic rings. The minimum absolute atomic E-state index is 0.0156. The minimum Gasteiger partial charge on any atom is -0.442 e. The molecular formula is C27H38BrNO3. The van der Waals surface area contributed by atoms with Gasteiger partial charge in [-0.3, -0.25) is 4.90 Å². The molecule has 1 aliphatic heterocycles. The quantitative estimate of drug-likeness (QED) is 0.259. The Kier molecular flexibility index (Phi) is 8.62. The lowest BCUT2D eigenvalue weighted by atomic mass is 9.87. The van der Waals surface area contributed by atoms with Crippen LogP contribution in [0.3, 0.4) is 0 Å². The highest BCUT2D eigenvalue weighted by Gasteiger charge is 2.42. The maximum Gasteiger partial charge on any atom is 0.410 e. The van der Waals surface area contributed by atoms with Crippen molar-refractivity contribution in [1.82, 2.24) is 4.90 Å². The summed E-state index contributed by atoms with van der Waals surface area (Å²) in [7, 11) is 0. The molecule has 4 nitrogen and oxygen atoms in total. The number of fused-ring (bicyclic) bond motifs is 1. The van der Waals surface area contributed by atoms with Crippen LogP contribution in [0.15, 0.2) is 46.5 Å². The van der Waals surface area contributed by atoms with Gasteiger partial charge in [-0.15, -0.1) is 0 Å². The van der Waals surface area contributed by atoms with E-state index in [1.807, 2.05) is 11.8 Å². The molecule has 0 bridgehead atoms. The highest BCUT2D eigenvalue weighted by atomic mass is 79.9. The molecule has 1 amide bonds. The first-order valence-corrected chi connectivity index (χ1v) is 12.6. The van der Waals surface area contributed by atoms with Crippen LogP contribution in [0.4, 0.5) is 4.79 Å². The fourth-order valence-electron chi connectivity index (χ4n) is 4.86. The second-order valence-electron chi connectivity index (χ2n) is 9.97. The number of benzene rings is 1. The van der Waals surface area contributed by atoms with Crippen molar-refractivity contribution in [3.05, 3.63) is 57.6 Å². The Morgan fingerprint density at radius 2 is 1.84 bits per heavy atom. The Morgan fingerprint density at radius 3 is 2.47 bits per heavy atom. The number of carbonyl (C=O) groups excluding carboxylic acids is 1. The maximum absolute atomic E-state index is 12.7. The minimum atomic E-state index is -0.235. The normalized spacial score (nSPS) is 21.1. The van der Waals surface area contributed by atoms with Crippen molar-refractivity contribution >= 4 is 22.0 Å². The Labute approximate surface area is 202 Å². The van der Waals surface area contributed by atoms with Crippen LogP contribution in [0.2, 0.25) is 0 Å². The molecule has 2 unspecified atom stereocenters. The first kappa shape index (κ1) is 25.0. The average Bonchev–Trinajstić information content (AvgIpc) is 3.31. The molecular weight excluding hydrogens is 466 g/mol. The van der Waals surface area contributed by atoms with E-state index in [-0.39, 0.29) is 23.8 Å². The van der Waals surface area contributed by atoms with E-state index >= 15 is 0 Å². The molecule has 5 heteroatoms. The van der Waals surface area contributed by atoms with Crippen LogP contribution in [0.5, 0.6) is 0 Å². The van der Waals surface area contributed by atoms with Crippen LogP contribution in [0.25, 0.3) is 0 Å². The van der Waals surface area contributed by atoms with E-state index in [2.05, 4.69) is 80.0 Å². The summed E-state index contributed by atoms with van der Waals surface area (Å²) in [5, 5.41) is 0. The van der Waals surface area contributed by atoms with Gasteiger partial charge in [0.25, 0.3) is 0 Å². The molecule has 0 aromatic heterocycles. The highest BCUT2D eigenvalue weighted by Crippen LogP contribution is 2.35. The number of hydrogen-bond donors (Lipinski definition) is 0. The number of hydrogen-bond acceptors (Lipinski definition) is 3. The zero-order chi connectivity index (χ0) is 23.3. The van der Waals surface area contributed by atoms with Gasteiger partial charge in [-0.05, 0) is 93.8 Å². The number of ether oxygens (including phenoxy) is 2. The summed E-state index contributed by atoms with van der Waals surface area (Å²) in [5.74, 6) is 0.571. The van der Waals surface area contributed by atoms with Crippen molar-refractivity contribution in [3.8, 4) is 0 Å². The lowest BCUT2D eigenvalue weighted by Crippen LogP contribution is -2.46. The molecule has 0 radical (unpaired) electrons. The molecule has 0 spiro atoms. The molecule has 1 aromatic carbocycles. The Morgan fingerprint density at radius 1 is 1.22 bits per heavy atom. The number of unbranched alkanes of at least 4 members (excludes halogenated alkanes) is 1. The monoisotopic (exact) mass is 503 g/mol. The van der Waals surface area contributed by atoms with E-state index in [9.17, 15) is 4.79 Å². The number of amides is 1. The van der Waals surface area contributed by atoms with Gasteiger partial charge in [0.2, 0.25) is 0 Å². The van der Waals surface area contributed by atoms with E-state index < -0.39 is 0 Å². The zero-order valence-corrected chi connectivity index (χ0v) is 21.8. The molecule has 1 fully saturated rings. The molecule has 0 saturated carbocycles. The van der Waals surface area contributed by atoms with E-state index in [0.29, 0.717) is 19.1 Å². The van der Waals surface area contributed by atoms with Crippen LogP contribution in [-0.2, 0) is 22.3 Å². The molecule has 3 rings (SSSR count). The van der Waals surface area contributed by atoms with Crippen LogP contribution < -0.4 is 0 Å². The molecule has 1 saturated heterocycles. The molecule has 32 heavy (non-hydrogen) atoms. The molecule has 1 aromatic rings. The first-order chi connectivity index (χ1) is 15.2. The predicted octanol–water partition coefficient (Wildman–Crippen LogP) is 6.82. The van der Waals surface area contributed by atoms with Gasteiger partial charge in [0, 0.05) is 5.54 Å². The molecule has 2 atom stereocenters. The van der Waals surface area contributed by atoms with Crippen molar-refractivity contribution in [1.29, 1.82) is 0 Å². The maximum atomic E-state index is 12.7. The topological polar surface area (TPSA) is 38.8 Å². The summed E-state index contributed by atoms with van der Waals surface area (Å²) in [6.07, 6.45) is 9.18. The molecule has 1 aliphatic carbocycles. The van der Waals surface area contributed by atoms with Crippen molar-refractivity contribution in [3.63, 3.8) is 0 Å². The predicted molar refractivity (Wildman–Crippen MR) is 134 cm³/mol. The van der Waals surface area contributed by atoms with E-state index in [0.717, 1.165) is 32.1 Å². The van der Waals surface area contributed by atoms with E-state index in [1.165, 1.54) is 21.2 Å². The number of cyclic esters (lactones) is 1. The largest absolute Gasteiger partial charge is 0.442 e. The van der Waals surface area contributed by atoms with Gasteiger partial charge >= 0.3 is 6.09 Å². The van der Waals surface area contributed by atoms with Gasteiger partial charge in [0.15, 0.2) is 0 Å². The number of halogens is 1. The number of nitrogens with zero attached hydrogens (tertiary/aromatic N) is 1. The summed E-state index contributed by atoms with van der Waals surface area (Å²) in [5.41, 5.74) is 3.90. The van der Waals surface area contributed by atoms with Crippen molar-refractivity contribution < 1.29 is 14.3 Å². The van der Waals surface area contributed by atoms with Gasteiger partial charge in [0.1, 0.15) is 6.10 Å². The zero-order valence-electron chi connectivity index (χ0n) is 20.2. The number of allylic oxidation sites excluding steroid dienone is 3. The second kappa shape index (κ2) is 11.0. The summed E-state index contributed by atoms with van der Waals surface area (Å²) < 4.78 is 12.9. The Bertz CT molecular complexity index is 831. The molecule has 1 heterocycles. The van der Waals surface area contributed by atoms with Gasteiger partial charge in [-0.1, -0.05) is 52.3 Å². The van der Waals surface area contributed by atoms with Crippen LogP contribution in [-0.4, -0.2) is 41.9 Å². The van der Waals surface area contributed by atoms with Crippen molar-refractivity contribution in [2.45, 2.75) is 84.5 Å². The van der Waals surface area contributed by atoms with Crippen molar-refractivity contribution in [2.75, 3.05) is 13.2 Å². The number of rotatable bonds is 10. The standard InChI is InChI=1S/C27H38BrNO3/c1-19(10-6-7-11-20(2)28)21(3)31-18-25-17-29(26(30)32-25)27(4,5)16-22-14-23-12-8-9-13-24(23)15-22/h8-13,21-22,25H,6-7,14-18H2,1-5H3/b19-10+,20-11+. The Hall–Kier alpha value is -1.59. The summed E-state index contributed by atoms with van der Waals surface area (Å²) in [4.78, 5) is 14.6. The van der Waals surface area contributed by atoms with E-state index in [1.54, 1.807) is 0 Å². The van der Waals surface area contributed by atoms with Crippen LogP contribution in [0.1, 0.15) is 65.0 Å². The summed E-state index contributed by atoms with van der Waals surface area (Å²) in [6.45, 7) is 11.6. The van der Waals surface area contributed by atoms with Crippen LogP contribution >= 0.6 is 15.9 Å². The Balaban J connectivity index is 1.47. The third kappa shape index (κ3) is 6.71. The number of carbonyl (C=O) groups is 1. The van der Waals surface area contributed by atoms with Gasteiger partial charge in [-0.2, -0.15) is 0 Å². The summed E-state index contributed by atoms with van der Waals surface area (Å²) >= 11 is 3.46. The fourth-order valence-corrected chi connectivity index (χ4v) is 5.08. The average molecular weight is 505 g/mol. The van der Waals surface area contributed by atoms with Gasteiger partial charge in [-0.25, -0.2) is 4.79 Å². The third-order valence-electron chi connectivity index (χ3n) is 6.76. The first-order valence-electron chi connectivity index (χ1n) is 11.8. The summed E-state index contributed by atoms with van der Waals surface area (Å²) in [6, 6.07) is 8.70. The highest BCUT2D eigenvalue weighted by molar-refractivity contribution is 9.11. The lowest BCUT2D eigenvalue weighted by molar-refractivity contribution is 0.0217. The second-order valence-corrected chi connectivity index (χ2v) is 11.2. The van der Waals surface area contributed by atoms with Crippen molar-refractivity contribution in [2.24, 2.45) is 5.92 Å². The van der Waals surface area contributed by atoms with E-state index in [4.69, 9.17) is 9.47 Å². The lowest BCUT2D eigenvalue weighted by Gasteiger charge is -2.35. The smallest absolute Gasteiger partial charge is 0.410 e. The van der Waals surface area contributed by atoms with Gasteiger partial charge in [0.05, 0.1) is 19.3 Å².